The van der Waals surface area contributed by atoms with Gasteiger partial charge >= 0.3 is 0 Å². The van der Waals surface area contributed by atoms with Crippen molar-refractivity contribution in [1.82, 2.24) is 0 Å². The molecular formula is C45H54N2O13. The number of aldehydes is 1. The fraction of sp³-hybridized carbons (Fsp3) is 0.444. The number of hydrogen-bond acceptors (Lipinski definition) is 13. The molecule has 15 nitrogen and oxygen atoms in total. The normalized spacial score (nSPS) is 12.1. The Labute approximate surface area is 350 Å². The largest absolute Gasteiger partial charge is 0.491 e. The molecule has 0 atom stereocenters. The maximum Gasteiger partial charge on any atom is 0.270 e. The lowest BCUT2D eigenvalue weighted by molar-refractivity contribution is -0.385. The van der Waals surface area contributed by atoms with E-state index in [1.54, 1.807) is 12.1 Å². The summed E-state index contributed by atoms with van der Waals surface area (Å²) in [5.41, 5.74) is 4.55. The maximum atomic E-state index is 12.6. The topological polar surface area (TPSA) is 177 Å². The SMILES string of the molecule is CCOCCOc1c2cccc1Cc1cc([N+](=O)[O-])cc(c1OCCOCC)Cc1cc(C=O)cc(c1OCCOCC)Cc1cc([N+](=O)[O-])cc(c1OCCOCC)C2. The van der Waals surface area contributed by atoms with Crippen LogP contribution in [0.2, 0.25) is 0 Å². The molecule has 0 aliphatic heterocycles. The summed E-state index contributed by atoms with van der Waals surface area (Å²) in [5.74, 6) is 1.78. The van der Waals surface area contributed by atoms with Crippen molar-refractivity contribution in [1.29, 1.82) is 0 Å². The van der Waals surface area contributed by atoms with Crippen molar-refractivity contribution in [2.45, 2.75) is 53.4 Å². The number of ether oxygens (including phenoxy) is 8. The third-order valence-corrected chi connectivity index (χ3v) is 9.69. The Morgan fingerprint density at radius 1 is 0.467 bits per heavy atom. The van der Waals surface area contributed by atoms with E-state index in [0.29, 0.717) is 112 Å². The van der Waals surface area contributed by atoms with Crippen molar-refractivity contribution in [3.05, 3.63) is 125 Å². The van der Waals surface area contributed by atoms with E-state index in [0.717, 1.165) is 0 Å². The summed E-state index contributed by atoms with van der Waals surface area (Å²) < 4.78 is 48.3. The molecule has 0 fully saturated rings. The van der Waals surface area contributed by atoms with E-state index in [1.165, 1.54) is 24.3 Å². The molecule has 4 aromatic carbocycles. The molecule has 4 aromatic rings. The monoisotopic (exact) mass is 830 g/mol. The fourth-order valence-electron chi connectivity index (χ4n) is 7.19. The minimum atomic E-state index is -0.440. The molecule has 0 spiro atoms. The highest BCUT2D eigenvalue weighted by Gasteiger charge is 2.26. The van der Waals surface area contributed by atoms with Crippen molar-refractivity contribution in [2.24, 2.45) is 0 Å². The average molecular weight is 831 g/mol. The van der Waals surface area contributed by atoms with Gasteiger partial charge in [0, 0.05) is 104 Å². The number of benzene rings is 4. The van der Waals surface area contributed by atoms with Crippen LogP contribution < -0.4 is 18.9 Å². The van der Waals surface area contributed by atoms with Gasteiger partial charge < -0.3 is 37.9 Å². The molecule has 0 saturated heterocycles. The Kier molecular flexibility index (Phi) is 17.6. The summed E-state index contributed by atoms with van der Waals surface area (Å²) >= 11 is 0. The van der Waals surface area contributed by atoms with Gasteiger partial charge in [-0.05, 0) is 62.1 Å². The zero-order valence-corrected chi connectivity index (χ0v) is 34.8. The van der Waals surface area contributed by atoms with Crippen LogP contribution in [0.5, 0.6) is 23.0 Å². The molecule has 322 valence electrons. The van der Waals surface area contributed by atoms with Gasteiger partial charge in [0.2, 0.25) is 0 Å². The molecule has 0 saturated carbocycles. The van der Waals surface area contributed by atoms with Gasteiger partial charge in [-0.3, -0.25) is 25.0 Å². The molecule has 8 bridgehead atoms. The van der Waals surface area contributed by atoms with Crippen LogP contribution >= 0.6 is 0 Å². The van der Waals surface area contributed by atoms with Crippen LogP contribution in [-0.4, -0.2) is 95.4 Å². The highest BCUT2D eigenvalue weighted by atomic mass is 16.6. The Bertz CT molecular complexity index is 1960. The molecule has 1 aliphatic carbocycles. The molecule has 0 heterocycles. The second-order valence-corrected chi connectivity index (χ2v) is 13.8. The Balaban J connectivity index is 1.84. The summed E-state index contributed by atoms with van der Waals surface area (Å²) in [4.78, 5) is 36.9. The minimum absolute atomic E-state index is 0.0625. The van der Waals surface area contributed by atoms with E-state index in [4.69, 9.17) is 37.9 Å². The summed E-state index contributed by atoms with van der Waals surface area (Å²) in [6, 6.07) is 15.0. The average Bonchev–Trinajstić information content (AvgIpc) is 3.23. The van der Waals surface area contributed by atoms with Crippen molar-refractivity contribution < 1.29 is 52.5 Å². The van der Waals surface area contributed by atoms with E-state index in [-0.39, 0.29) is 83.3 Å². The number of para-hydroxylation sites is 1. The lowest BCUT2D eigenvalue weighted by Crippen LogP contribution is -2.14. The summed E-state index contributed by atoms with van der Waals surface area (Å²) in [5, 5.41) is 25.1. The third kappa shape index (κ3) is 12.2. The van der Waals surface area contributed by atoms with E-state index in [9.17, 15) is 25.0 Å². The van der Waals surface area contributed by atoms with Crippen molar-refractivity contribution in [2.75, 3.05) is 79.3 Å². The van der Waals surface area contributed by atoms with Crippen LogP contribution in [0.15, 0.2) is 54.6 Å². The molecule has 1 aliphatic rings. The van der Waals surface area contributed by atoms with Gasteiger partial charge in [0.05, 0.1) is 36.3 Å². The first-order chi connectivity index (χ1) is 29.2. The Morgan fingerprint density at radius 3 is 1.03 bits per heavy atom. The lowest BCUT2D eigenvalue weighted by Gasteiger charge is -2.23. The molecule has 5 rings (SSSR count). The summed E-state index contributed by atoms with van der Waals surface area (Å²) in [7, 11) is 0. The fourth-order valence-corrected chi connectivity index (χ4v) is 7.19. The number of non-ortho nitro benzene ring substituents is 2. The predicted molar refractivity (Wildman–Crippen MR) is 224 cm³/mol. The highest BCUT2D eigenvalue weighted by Crippen LogP contribution is 2.41. The van der Waals surface area contributed by atoms with Crippen LogP contribution in [0.25, 0.3) is 0 Å². The van der Waals surface area contributed by atoms with Crippen LogP contribution in [0.1, 0.15) is 82.6 Å². The number of rotatable bonds is 23. The van der Waals surface area contributed by atoms with Crippen molar-refractivity contribution in [3.63, 3.8) is 0 Å². The van der Waals surface area contributed by atoms with E-state index < -0.39 is 9.85 Å². The maximum absolute atomic E-state index is 12.6. The van der Waals surface area contributed by atoms with E-state index in [1.807, 2.05) is 45.9 Å². The highest BCUT2D eigenvalue weighted by molar-refractivity contribution is 5.77. The second-order valence-electron chi connectivity index (χ2n) is 13.8. The van der Waals surface area contributed by atoms with Gasteiger partial charge in [-0.15, -0.1) is 0 Å². The minimum Gasteiger partial charge on any atom is -0.491 e. The third-order valence-electron chi connectivity index (χ3n) is 9.69. The zero-order valence-electron chi connectivity index (χ0n) is 34.8. The predicted octanol–water partition coefficient (Wildman–Crippen LogP) is 7.65. The number of fused-ring (bicyclic) bond motifs is 8. The van der Waals surface area contributed by atoms with Crippen molar-refractivity contribution in [3.8, 4) is 23.0 Å². The van der Waals surface area contributed by atoms with Gasteiger partial charge in [-0.25, -0.2) is 0 Å². The Hall–Kier alpha value is -5.61. The number of nitro benzene ring substituents is 2. The number of carbonyl (C=O) groups excluding carboxylic acids is 1. The number of carbonyl (C=O) groups is 1. The van der Waals surface area contributed by atoms with Gasteiger partial charge in [-0.1, -0.05) is 18.2 Å². The van der Waals surface area contributed by atoms with Gasteiger partial charge in [-0.2, -0.15) is 0 Å². The Morgan fingerprint density at radius 2 is 0.750 bits per heavy atom. The number of hydrogen-bond donors (Lipinski definition) is 0. The van der Waals surface area contributed by atoms with Gasteiger partial charge in [0.1, 0.15) is 55.7 Å². The molecule has 0 N–H and O–H groups in total. The first-order valence-corrected chi connectivity index (χ1v) is 20.3. The smallest absolute Gasteiger partial charge is 0.270 e. The number of nitro groups is 2. The standard InChI is InChI=1S/C45H54N2O13/c1-5-53-12-16-57-42-32-10-9-11-33(42)23-37-27-41(47(51)52)29-39(45(37)60-19-15-56-8-4)25-35-21-31(30-48)20-34(43(35)58-17-13-54-6-2)24-38-28-40(46(49)50)26-36(22-32)44(38)59-18-14-55-7-3/h9-11,20-21,26-30H,5-8,12-19,22-25H2,1-4H3. The molecule has 0 amide bonds. The quantitative estimate of drug-likeness (QED) is 0.0272. The van der Waals surface area contributed by atoms with Gasteiger partial charge in [0.15, 0.2) is 0 Å². The van der Waals surface area contributed by atoms with E-state index >= 15 is 0 Å². The molecular weight excluding hydrogens is 776 g/mol. The van der Waals surface area contributed by atoms with E-state index in [2.05, 4.69) is 0 Å². The first-order valence-electron chi connectivity index (χ1n) is 20.3. The summed E-state index contributed by atoms with van der Waals surface area (Å²) in [6.07, 6.45) is 1.16. The van der Waals surface area contributed by atoms with Crippen LogP contribution in [0.4, 0.5) is 11.4 Å². The lowest BCUT2D eigenvalue weighted by atomic mass is 9.90. The van der Waals surface area contributed by atoms with Crippen LogP contribution in [0.3, 0.4) is 0 Å². The molecule has 0 radical (unpaired) electrons. The van der Waals surface area contributed by atoms with Gasteiger partial charge in [0.25, 0.3) is 11.4 Å². The van der Waals surface area contributed by atoms with Crippen LogP contribution in [0, 0.1) is 20.2 Å². The molecule has 0 unspecified atom stereocenters. The van der Waals surface area contributed by atoms with Crippen LogP contribution in [-0.2, 0) is 44.6 Å². The molecule has 15 heteroatoms. The zero-order chi connectivity index (χ0) is 42.9. The molecule has 60 heavy (non-hydrogen) atoms. The first kappa shape index (κ1) is 45.5. The second kappa shape index (κ2) is 23.3. The molecule has 0 aromatic heterocycles. The number of nitrogens with zero attached hydrogens (tertiary/aromatic N) is 2. The summed E-state index contributed by atoms with van der Waals surface area (Å²) in [6.45, 7) is 11.2. The van der Waals surface area contributed by atoms with Crippen molar-refractivity contribution >= 4 is 17.7 Å².